The summed E-state index contributed by atoms with van der Waals surface area (Å²) in [5.41, 5.74) is 1.51. The predicted molar refractivity (Wildman–Crippen MR) is 72.4 cm³/mol. The average Bonchev–Trinajstić information content (AvgIpc) is 2.80. The van der Waals surface area contributed by atoms with E-state index in [0.717, 1.165) is 11.1 Å². The van der Waals surface area contributed by atoms with Crippen molar-refractivity contribution in [3.63, 3.8) is 0 Å². The molecule has 0 aliphatic heterocycles. The van der Waals surface area contributed by atoms with Gasteiger partial charge in [-0.2, -0.15) is 0 Å². The van der Waals surface area contributed by atoms with Gasteiger partial charge in [0.2, 0.25) is 5.89 Å². The van der Waals surface area contributed by atoms with Gasteiger partial charge in [-0.25, -0.2) is 9.37 Å². The zero-order valence-corrected chi connectivity index (χ0v) is 11.4. The van der Waals surface area contributed by atoms with Crippen molar-refractivity contribution in [2.45, 2.75) is 6.61 Å². The minimum absolute atomic E-state index is 0.193. The molecule has 0 saturated heterocycles. The first-order chi connectivity index (χ1) is 9.22. The Bertz CT molecular complexity index is 693. The number of aromatic nitrogens is 1. The Labute approximate surface area is 117 Å². The highest BCUT2D eigenvalue weighted by atomic mass is 79.9. The third kappa shape index (κ3) is 2.61. The summed E-state index contributed by atoms with van der Waals surface area (Å²) in [5, 5.41) is 0. The zero-order valence-electron chi connectivity index (χ0n) is 9.77. The van der Waals surface area contributed by atoms with Gasteiger partial charge in [0.05, 0.1) is 4.47 Å². The van der Waals surface area contributed by atoms with Crippen molar-refractivity contribution in [1.29, 1.82) is 0 Å². The molecule has 1 aromatic heterocycles. The second kappa shape index (κ2) is 5.01. The van der Waals surface area contributed by atoms with Crippen molar-refractivity contribution in [2.24, 2.45) is 0 Å². The van der Waals surface area contributed by atoms with Crippen molar-refractivity contribution in [3.8, 4) is 5.75 Å². The molecule has 0 bridgehead atoms. The van der Waals surface area contributed by atoms with E-state index in [9.17, 15) is 4.39 Å². The van der Waals surface area contributed by atoms with Crippen molar-refractivity contribution in [2.75, 3.05) is 0 Å². The van der Waals surface area contributed by atoms with Crippen molar-refractivity contribution >= 4 is 27.0 Å². The lowest BCUT2D eigenvalue weighted by Gasteiger charge is -2.05. The van der Waals surface area contributed by atoms with Crippen LogP contribution in [-0.4, -0.2) is 4.98 Å². The summed E-state index contributed by atoms with van der Waals surface area (Å²) in [5.74, 6) is 0.710. The maximum absolute atomic E-state index is 12.9. The summed E-state index contributed by atoms with van der Waals surface area (Å²) < 4.78 is 24.6. The van der Waals surface area contributed by atoms with Gasteiger partial charge in [-0.05, 0) is 46.3 Å². The molecule has 0 atom stereocenters. The van der Waals surface area contributed by atoms with Crippen LogP contribution in [0.2, 0.25) is 0 Å². The molecular formula is C14H9BrFNO2. The fourth-order valence-corrected chi connectivity index (χ4v) is 2.18. The lowest BCUT2D eigenvalue weighted by molar-refractivity contribution is 0.265. The molecule has 5 heteroatoms. The number of benzene rings is 2. The van der Waals surface area contributed by atoms with Crippen LogP contribution in [-0.2, 0) is 6.61 Å². The maximum atomic E-state index is 12.9. The third-order valence-electron chi connectivity index (χ3n) is 2.58. The van der Waals surface area contributed by atoms with Crippen LogP contribution in [0.4, 0.5) is 4.39 Å². The molecular weight excluding hydrogens is 313 g/mol. The smallest absolute Gasteiger partial charge is 0.233 e. The largest absolute Gasteiger partial charge is 0.483 e. The normalized spacial score (nSPS) is 10.8. The quantitative estimate of drug-likeness (QED) is 0.721. The van der Waals surface area contributed by atoms with Crippen molar-refractivity contribution in [1.82, 2.24) is 4.98 Å². The van der Waals surface area contributed by atoms with Crippen LogP contribution in [0, 0.1) is 5.82 Å². The van der Waals surface area contributed by atoms with E-state index >= 15 is 0 Å². The number of oxazole rings is 1. The molecule has 3 rings (SSSR count). The Morgan fingerprint density at radius 1 is 1.21 bits per heavy atom. The lowest BCUT2D eigenvalue weighted by atomic mass is 10.3. The van der Waals surface area contributed by atoms with E-state index in [1.54, 1.807) is 6.07 Å². The molecule has 0 radical (unpaired) electrons. The fraction of sp³-hybridized carbons (Fsp3) is 0.0714. The van der Waals surface area contributed by atoms with Crippen LogP contribution >= 0.6 is 15.9 Å². The SMILES string of the molecule is Fc1ccc(OCc2nc3ccccc3o2)c(Br)c1. The highest BCUT2D eigenvalue weighted by Crippen LogP contribution is 2.26. The van der Waals surface area contributed by atoms with Gasteiger partial charge in [0, 0.05) is 0 Å². The zero-order chi connectivity index (χ0) is 13.2. The van der Waals surface area contributed by atoms with E-state index in [1.807, 2.05) is 24.3 Å². The topological polar surface area (TPSA) is 35.3 Å². The van der Waals surface area contributed by atoms with E-state index in [4.69, 9.17) is 9.15 Å². The van der Waals surface area contributed by atoms with E-state index in [-0.39, 0.29) is 12.4 Å². The van der Waals surface area contributed by atoms with Gasteiger partial charge in [-0.1, -0.05) is 12.1 Å². The van der Waals surface area contributed by atoms with Crippen LogP contribution in [0.1, 0.15) is 5.89 Å². The second-order valence-electron chi connectivity index (χ2n) is 3.94. The Morgan fingerprint density at radius 3 is 2.84 bits per heavy atom. The summed E-state index contributed by atoms with van der Waals surface area (Å²) in [6.07, 6.45) is 0. The minimum Gasteiger partial charge on any atom is -0.483 e. The van der Waals surface area contributed by atoms with Gasteiger partial charge >= 0.3 is 0 Å². The molecule has 2 aromatic carbocycles. The van der Waals surface area contributed by atoms with E-state index < -0.39 is 0 Å². The molecule has 0 saturated carbocycles. The summed E-state index contributed by atoms with van der Waals surface area (Å²) in [4.78, 5) is 4.29. The van der Waals surface area contributed by atoms with E-state index in [0.29, 0.717) is 16.1 Å². The Hall–Kier alpha value is -1.88. The number of halogens is 2. The monoisotopic (exact) mass is 321 g/mol. The lowest BCUT2D eigenvalue weighted by Crippen LogP contribution is -1.96. The van der Waals surface area contributed by atoms with Crippen LogP contribution in [0.3, 0.4) is 0 Å². The summed E-state index contributed by atoms with van der Waals surface area (Å²) in [6.45, 7) is 0.193. The predicted octanol–water partition coefficient (Wildman–Crippen LogP) is 4.31. The van der Waals surface area contributed by atoms with Crippen molar-refractivity contribution < 1.29 is 13.5 Å². The summed E-state index contributed by atoms with van der Waals surface area (Å²) in [7, 11) is 0. The number of rotatable bonds is 3. The van der Waals surface area contributed by atoms with Crippen molar-refractivity contribution in [3.05, 3.63) is 58.6 Å². The molecule has 96 valence electrons. The Kier molecular flexibility index (Phi) is 3.21. The number of nitrogens with zero attached hydrogens (tertiary/aromatic N) is 1. The molecule has 0 aliphatic carbocycles. The maximum Gasteiger partial charge on any atom is 0.233 e. The molecule has 0 aliphatic rings. The highest BCUT2D eigenvalue weighted by Gasteiger charge is 2.07. The molecule has 19 heavy (non-hydrogen) atoms. The van der Waals surface area contributed by atoms with Gasteiger partial charge in [-0.3, -0.25) is 0 Å². The van der Waals surface area contributed by atoms with Gasteiger partial charge in [0.1, 0.15) is 17.1 Å². The molecule has 1 heterocycles. The number of hydrogen-bond donors (Lipinski definition) is 0. The molecule has 0 fully saturated rings. The van der Waals surface area contributed by atoms with Crippen LogP contribution in [0.5, 0.6) is 5.75 Å². The van der Waals surface area contributed by atoms with E-state index in [2.05, 4.69) is 20.9 Å². The third-order valence-corrected chi connectivity index (χ3v) is 3.20. The van der Waals surface area contributed by atoms with E-state index in [1.165, 1.54) is 12.1 Å². The van der Waals surface area contributed by atoms with Gasteiger partial charge in [0.15, 0.2) is 12.2 Å². The first kappa shape index (κ1) is 12.2. The fourth-order valence-electron chi connectivity index (χ4n) is 1.71. The standard InChI is InChI=1S/C14H9BrFNO2/c15-10-7-9(16)5-6-12(10)18-8-14-17-11-3-1-2-4-13(11)19-14/h1-7H,8H2. The Morgan fingerprint density at radius 2 is 2.05 bits per heavy atom. The second-order valence-corrected chi connectivity index (χ2v) is 4.79. The number of fused-ring (bicyclic) bond motifs is 1. The Balaban J connectivity index is 1.78. The van der Waals surface area contributed by atoms with Gasteiger partial charge < -0.3 is 9.15 Å². The van der Waals surface area contributed by atoms with Crippen LogP contribution in [0.15, 0.2) is 51.4 Å². The molecule has 0 N–H and O–H groups in total. The number of para-hydroxylation sites is 2. The number of ether oxygens (including phenoxy) is 1. The molecule has 3 aromatic rings. The first-order valence-corrected chi connectivity index (χ1v) is 6.44. The molecule has 0 unspecified atom stereocenters. The minimum atomic E-state index is -0.318. The summed E-state index contributed by atoms with van der Waals surface area (Å²) in [6, 6.07) is 11.7. The molecule has 0 spiro atoms. The van der Waals surface area contributed by atoms with Crippen LogP contribution < -0.4 is 4.74 Å². The van der Waals surface area contributed by atoms with Crippen LogP contribution in [0.25, 0.3) is 11.1 Å². The van der Waals surface area contributed by atoms with Gasteiger partial charge in [0.25, 0.3) is 0 Å². The first-order valence-electron chi connectivity index (χ1n) is 5.65. The average molecular weight is 322 g/mol. The summed E-state index contributed by atoms with van der Waals surface area (Å²) >= 11 is 3.24. The van der Waals surface area contributed by atoms with Gasteiger partial charge in [-0.15, -0.1) is 0 Å². The molecule has 3 nitrogen and oxygen atoms in total. The molecule has 0 amide bonds. The highest BCUT2D eigenvalue weighted by molar-refractivity contribution is 9.10. The number of hydrogen-bond acceptors (Lipinski definition) is 3.